The largest absolute Gasteiger partial charge is 0.395 e. The lowest BCUT2D eigenvalue weighted by Crippen LogP contribution is -2.47. The third-order valence-electron chi connectivity index (χ3n) is 5.12. The molecule has 116 valence electrons. The molecule has 1 saturated heterocycles. The van der Waals surface area contributed by atoms with Gasteiger partial charge in [-0.15, -0.1) is 0 Å². The average molecular weight is 288 g/mol. The molecular weight excluding hydrogens is 260 g/mol. The first-order valence-corrected chi connectivity index (χ1v) is 8.55. The highest BCUT2D eigenvalue weighted by atomic mass is 16.3. The van der Waals surface area contributed by atoms with Gasteiger partial charge < -0.3 is 10.0 Å². The predicted octanol–water partition coefficient (Wildman–Crippen LogP) is 2.85. The van der Waals surface area contributed by atoms with Crippen molar-refractivity contribution in [2.45, 2.75) is 38.0 Å². The molecule has 0 atom stereocenters. The number of anilines is 1. The summed E-state index contributed by atoms with van der Waals surface area (Å²) >= 11 is 0. The van der Waals surface area contributed by atoms with Crippen molar-refractivity contribution in [1.82, 2.24) is 4.90 Å². The maximum absolute atomic E-state index is 9.00. The Bertz CT molecular complexity index is 417. The van der Waals surface area contributed by atoms with Gasteiger partial charge in [-0.05, 0) is 36.5 Å². The van der Waals surface area contributed by atoms with Gasteiger partial charge in [0.15, 0.2) is 0 Å². The molecule has 1 aromatic carbocycles. The van der Waals surface area contributed by atoms with Crippen molar-refractivity contribution in [1.29, 1.82) is 0 Å². The minimum Gasteiger partial charge on any atom is -0.395 e. The van der Waals surface area contributed by atoms with Gasteiger partial charge in [0.05, 0.1) is 6.61 Å². The SMILES string of the molecule is OCCN1CCN(c2ccc(C3CCCCC3)cc2)CC1. The molecule has 0 spiro atoms. The molecule has 1 aromatic rings. The molecule has 3 nitrogen and oxygen atoms in total. The molecule has 0 amide bonds. The maximum Gasteiger partial charge on any atom is 0.0558 e. The van der Waals surface area contributed by atoms with Crippen LogP contribution in [0.4, 0.5) is 5.69 Å². The fourth-order valence-corrected chi connectivity index (χ4v) is 3.76. The summed E-state index contributed by atoms with van der Waals surface area (Å²) in [6.07, 6.45) is 6.98. The van der Waals surface area contributed by atoms with Gasteiger partial charge in [0.1, 0.15) is 0 Å². The molecule has 1 heterocycles. The summed E-state index contributed by atoms with van der Waals surface area (Å²) in [7, 11) is 0. The lowest BCUT2D eigenvalue weighted by atomic mass is 9.84. The van der Waals surface area contributed by atoms with Crippen LogP contribution in [0.3, 0.4) is 0 Å². The van der Waals surface area contributed by atoms with Crippen LogP contribution in [0.5, 0.6) is 0 Å². The van der Waals surface area contributed by atoms with E-state index in [4.69, 9.17) is 5.11 Å². The first-order chi connectivity index (χ1) is 10.4. The zero-order chi connectivity index (χ0) is 14.5. The van der Waals surface area contributed by atoms with Gasteiger partial charge >= 0.3 is 0 Å². The predicted molar refractivity (Wildman–Crippen MR) is 88.0 cm³/mol. The van der Waals surface area contributed by atoms with Crippen molar-refractivity contribution in [3.05, 3.63) is 29.8 Å². The number of benzene rings is 1. The van der Waals surface area contributed by atoms with E-state index in [0.717, 1.165) is 38.6 Å². The van der Waals surface area contributed by atoms with Crippen molar-refractivity contribution in [3.63, 3.8) is 0 Å². The Balaban J connectivity index is 1.57. The van der Waals surface area contributed by atoms with E-state index in [0.29, 0.717) is 0 Å². The molecule has 21 heavy (non-hydrogen) atoms. The Kier molecular flexibility index (Phi) is 5.15. The molecular formula is C18H28N2O. The molecule has 1 saturated carbocycles. The Labute approximate surface area is 128 Å². The quantitative estimate of drug-likeness (QED) is 0.923. The van der Waals surface area contributed by atoms with E-state index in [9.17, 15) is 0 Å². The average Bonchev–Trinajstić information content (AvgIpc) is 2.57. The van der Waals surface area contributed by atoms with Crippen LogP contribution in [0.1, 0.15) is 43.6 Å². The van der Waals surface area contributed by atoms with Gasteiger partial charge in [0, 0.05) is 38.4 Å². The summed E-state index contributed by atoms with van der Waals surface area (Å²) in [5, 5.41) is 9.00. The van der Waals surface area contributed by atoms with Crippen molar-refractivity contribution in [3.8, 4) is 0 Å². The number of aliphatic hydroxyl groups excluding tert-OH is 1. The molecule has 0 unspecified atom stereocenters. The first kappa shape index (κ1) is 14.9. The zero-order valence-electron chi connectivity index (χ0n) is 13.0. The van der Waals surface area contributed by atoms with E-state index >= 15 is 0 Å². The van der Waals surface area contributed by atoms with Crippen molar-refractivity contribution in [2.24, 2.45) is 0 Å². The summed E-state index contributed by atoms with van der Waals surface area (Å²) < 4.78 is 0. The van der Waals surface area contributed by atoms with Crippen LogP contribution in [0.2, 0.25) is 0 Å². The van der Waals surface area contributed by atoms with Gasteiger partial charge in [0.25, 0.3) is 0 Å². The Hall–Kier alpha value is -1.06. The Morgan fingerprint density at radius 2 is 1.57 bits per heavy atom. The van der Waals surface area contributed by atoms with Crippen molar-refractivity contribution in [2.75, 3.05) is 44.2 Å². The number of β-amino-alcohol motifs (C(OH)–C–C–N with tert-alkyl or cyclic N) is 1. The van der Waals surface area contributed by atoms with E-state index in [-0.39, 0.29) is 6.61 Å². The lowest BCUT2D eigenvalue weighted by molar-refractivity contribution is 0.189. The molecule has 0 radical (unpaired) electrons. The maximum atomic E-state index is 9.00. The van der Waals surface area contributed by atoms with Gasteiger partial charge in [-0.3, -0.25) is 4.90 Å². The Morgan fingerprint density at radius 3 is 2.19 bits per heavy atom. The molecule has 2 fully saturated rings. The minimum absolute atomic E-state index is 0.274. The Morgan fingerprint density at radius 1 is 0.905 bits per heavy atom. The van der Waals surface area contributed by atoms with Gasteiger partial charge in [-0.2, -0.15) is 0 Å². The molecule has 3 heteroatoms. The van der Waals surface area contributed by atoms with Gasteiger partial charge in [-0.1, -0.05) is 31.4 Å². The number of hydrogen-bond acceptors (Lipinski definition) is 3. The van der Waals surface area contributed by atoms with E-state index in [1.807, 2.05) is 0 Å². The lowest BCUT2D eigenvalue weighted by Gasteiger charge is -2.36. The molecule has 1 aliphatic carbocycles. The summed E-state index contributed by atoms with van der Waals surface area (Å²) in [5.74, 6) is 0.800. The minimum atomic E-state index is 0.274. The van der Waals surface area contributed by atoms with Crippen LogP contribution in [0.25, 0.3) is 0 Å². The van der Waals surface area contributed by atoms with Gasteiger partial charge in [-0.25, -0.2) is 0 Å². The van der Waals surface area contributed by atoms with E-state index < -0.39 is 0 Å². The number of nitrogens with zero attached hydrogens (tertiary/aromatic N) is 2. The number of piperazine rings is 1. The monoisotopic (exact) mass is 288 g/mol. The molecule has 0 bridgehead atoms. The van der Waals surface area contributed by atoms with Crippen LogP contribution < -0.4 is 4.90 Å². The van der Waals surface area contributed by atoms with Crippen molar-refractivity contribution < 1.29 is 5.11 Å². The van der Waals surface area contributed by atoms with Crippen LogP contribution in [0, 0.1) is 0 Å². The highest BCUT2D eigenvalue weighted by Gasteiger charge is 2.18. The number of hydrogen-bond donors (Lipinski definition) is 1. The summed E-state index contributed by atoms with van der Waals surface area (Å²) in [4.78, 5) is 4.81. The fourth-order valence-electron chi connectivity index (χ4n) is 3.76. The number of aliphatic hydroxyl groups is 1. The second-order valence-electron chi connectivity index (χ2n) is 6.48. The number of rotatable bonds is 4. The second-order valence-corrected chi connectivity index (χ2v) is 6.48. The normalized spacial score (nSPS) is 21.7. The van der Waals surface area contributed by atoms with Crippen LogP contribution >= 0.6 is 0 Å². The summed E-state index contributed by atoms with van der Waals surface area (Å²) in [6.45, 7) is 5.35. The summed E-state index contributed by atoms with van der Waals surface area (Å²) in [5.41, 5.74) is 2.90. The molecule has 2 aliphatic rings. The van der Waals surface area contributed by atoms with E-state index in [1.54, 1.807) is 0 Å². The fraction of sp³-hybridized carbons (Fsp3) is 0.667. The van der Waals surface area contributed by atoms with Crippen LogP contribution in [-0.2, 0) is 0 Å². The van der Waals surface area contributed by atoms with E-state index in [1.165, 1.54) is 43.4 Å². The first-order valence-electron chi connectivity index (χ1n) is 8.55. The van der Waals surface area contributed by atoms with Crippen LogP contribution in [0.15, 0.2) is 24.3 Å². The summed E-state index contributed by atoms with van der Waals surface area (Å²) in [6, 6.07) is 9.33. The molecule has 3 rings (SSSR count). The molecule has 1 N–H and O–H groups in total. The van der Waals surface area contributed by atoms with Crippen LogP contribution in [-0.4, -0.2) is 49.3 Å². The standard InChI is InChI=1S/C18H28N2O/c21-15-14-19-10-12-20(13-11-19)18-8-6-17(7-9-18)16-4-2-1-3-5-16/h6-9,16,21H,1-5,10-15H2. The van der Waals surface area contributed by atoms with Gasteiger partial charge in [0.2, 0.25) is 0 Å². The zero-order valence-corrected chi connectivity index (χ0v) is 13.0. The second kappa shape index (κ2) is 7.28. The van der Waals surface area contributed by atoms with E-state index in [2.05, 4.69) is 34.1 Å². The third kappa shape index (κ3) is 3.78. The molecule has 0 aromatic heterocycles. The topological polar surface area (TPSA) is 26.7 Å². The smallest absolute Gasteiger partial charge is 0.0558 e. The highest BCUT2D eigenvalue weighted by Crippen LogP contribution is 2.33. The molecule has 1 aliphatic heterocycles. The van der Waals surface area contributed by atoms with Crippen molar-refractivity contribution >= 4 is 5.69 Å². The third-order valence-corrected chi connectivity index (χ3v) is 5.12. The highest BCUT2D eigenvalue weighted by molar-refractivity contribution is 5.48.